The molecular weight excluding hydrogens is 214 g/mol. The number of nitrogens with zero attached hydrogens (tertiary/aromatic N) is 1. The Morgan fingerprint density at radius 3 is 2.29 bits per heavy atom. The van der Waals surface area contributed by atoms with Crippen LogP contribution < -0.4 is 0 Å². The summed E-state index contributed by atoms with van der Waals surface area (Å²) in [5, 5.41) is 0.214. The van der Waals surface area contributed by atoms with Crippen molar-refractivity contribution in [2.24, 2.45) is 4.40 Å². The molecule has 0 saturated heterocycles. The van der Waals surface area contributed by atoms with Gasteiger partial charge in [-0.2, -0.15) is 0 Å². The fraction of sp³-hybridized carbons (Fsp3) is 0.889. The Hall–Kier alpha value is 0.157. The van der Waals surface area contributed by atoms with Crippen molar-refractivity contribution in [2.75, 3.05) is 12.9 Å². The van der Waals surface area contributed by atoms with Crippen LogP contribution in [-0.4, -0.2) is 31.9 Å². The fourth-order valence-electron chi connectivity index (χ4n) is 0.598. The molecule has 0 N–H and O–H groups in total. The summed E-state index contributed by atoms with van der Waals surface area (Å²) in [6, 6.07) is 0. The zero-order valence-electron chi connectivity index (χ0n) is 9.96. The summed E-state index contributed by atoms with van der Waals surface area (Å²) in [5.41, 5.74) is 0. The minimum absolute atomic E-state index is 0.214. The molecule has 0 fully saturated rings. The van der Waals surface area contributed by atoms with Gasteiger partial charge in [0.25, 0.3) is 0 Å². The van der Waals surface area contributed by atoms with E-state index in [0.717, 1.165) is 0 Å². The average Bonchev–Trinajstić information content (AvgIpc) is 1.95. The molecule has 0 aliphatic carbocycles. The molecular formula is C9H21NO2SSi. The van der Waals surface area contributed by atoms with Gasteiger partial charge in [0.2, 0.25) is 0 Å². The molecule has 0 rings (SSSR count). The van der Waals surface area contributed by atoms with Crippen molar-refractivity contribution in [3.63, 3.8) is 0 Å². The van der Waals surface area contributed by atoms with Crippen molar-refractivity contribution >= 4 is 25.9 Å². The van der Waals surface area contributed by atoms with Gasteiger partial charge < -0.3 is 8.98 Å². The molecule has 0 spiro atoms. The topological polar surface area (TPSA) is 44.7 Å². The van der Waals surface area contributed by atoms with E-state index in [-0.39, 0.29) is 5.04 Å². The lowest BCUT2D eigenvalue weighted by molar-refractivity contribution is 0.343. The second-order valence-electron chi connectivity index (χ2n) is 4.78. The van der Waals surface area contributed by atoms with Crippen LogP contribution in [0, 0.1) is 0 Å². The van der Waals surface area contributed by atoms with E-state index in [2.05, 4.69) is 38.3 Å². The molecule has 0 aromatic carbocycles. The van der Waals surface area contributed by atoms with Gasteiger partial charge in [0, 0.05) is 0 Å². The molecule has 0 bridgehead atoms. The largest absolute Gasteiger partial charge is 0.592 e. The first-order valence-corrected chi connectivity index (χ1v) is 9.09. The van der Waals surface area contributed by atoms with Gasteiger partial charge in [0.1, 0.15) is 6.26 Å². The molecule has 0 aliphatic rings. The van der Waals surface area contributed by atoms with E-state index in [4.69, 9.17) is 4.43 Å². The van der Waals surface area contributed by atoms with Gasteiger partial charge in [-0.05, 0) is 18.1 Å². The van der Waals surface area contributed by atoms with Gasteiger partial charge in [0.05, 0.1) is 24.2 Å². The molecule has 14 heavy (non-hydrogen) atoms. The standard InChI is InChI=1S/C9H21NO2SSi/c1-9(2,3)14(5,6)12-8-7-10-13(4)11/h7H,8H2,1-6H3. The van der Waals surface area contributed by atoms with Crippen LogP contribution >= 0.6 is 0 Å². The van der Waals surface area contributed by atoms with Crippen molar-refractivity contribution in [3.8, 4) is 0 Å². The maximum absolute atomic E-state index is 10.6. The fourth-order valence-corrected chi connectivity index (χ4v) is 1.79. The molecule has 0 amide bonds. The van der Waals surface area contributed by atoms with Crippen molar-refractivity contribution < 1.29 is 8.98 Å². The number of hydrogen-bond donors (Lipinski definition) is 0. The zero-order chi connectivity index (χ0) is 11.4. The number of hydrogen-bond acceptors (Lipinski definition) is 3. The molecule has 0 radical (unpaired) electrons. The molecule has 0 heterocycles. The summed E-state index contributed by atoms with van der Waals surface area (Å²) in [6.07, 6.45) is 3.14. The molecule has 1 unspecified atom stereocenters. The quantitative estimate of drug-likeness (QED) is 0.426. The third-order valence-corrected chi connectivity index (χ3v) is 7.49. The summed E-state index contributed by atoms with van der Waals surface area (Å²) >= 11 is -1.11. The van der Waals surface area contributed by atoms with Gasteiger partial charge in [-0.25, -0.2) is 0 Å². The van der Waals surface area contributed by atoms with Crippen LogP contribution in [-0.2, 0) is 15.8 Å². The Morgan fingerprint density at radius 2 is 1.93 bits per heavy atom. The Morgan fingerprint density at radius 1 is 1.43 bits per heavy atom. The maximum atomic E-state index is 10.6. The van der Waals surface area contributed by atoms with Crippen LogP contribution in [0.1, 0.15) is 20.8 Å². The van der Waals surface area contributed by atoms with E-state index in [9.17, 15) is 4.55 Å². The minimum atomic E-state index is -1.67. The summed E-state index contributed by atoms with van der Waals surface area (Å²) < 4.78 is 20.2. The molecule has 5 heteroatoms. The van der Waals surface area contributed by atoms with Crippen molar-refractivity contribution in [2.45, 2.75) is 38.9 Å². The van der Waals surface area contributed by atoms with Crippen LogP contribution in [0.3, 0.4) is 0 Å². The van der Waals surface area contributed by atoms with Crippen LogP contribution in [0.5, 0.6) is 0 Å². The Kier molecular flexibility index (Phi) is 5.36. The van der Waals surface area contributed by atoms with Gasteiger partial charge in [-0.1, -0.05) is 25.2 Å². The summed E-state index contributed by atoms with van der Waals surface area (Å²) in [7, 11) is -1.67. The van der Waals surface area contributed by atoms with E-state index in [0.29, 0.717) is 6.61 Å². The Balaban J connectivity index is 4.01. The van der Waals surface area contributed by atoms with Crippen LogP contribution in [0.15, 0.2) is 4.40 Å². The maximum Gasteiger partial charge on any atom is 0.192 e. The van der Waals surface area contributed by atoms with Gasteiger partial charge >= 0.3 is 0 Å². The van der Waals surface area contributed by atoms with E-state index in [1.807, 2.05) is 0 Å². The zero-order valence-corrected chi connectivity index (χ0v) is 11.8. The van der Waals surface area contributed by atoms with Crippen molar-refractivity contribution in [1.82, 2.24) is 0 Å². The average molecular weight is 235 g/mol. The third kappa shape index (κ3) is 5.14. The van der Waals surface area contributed by atoms with E-state index >= 15 is 0 Å². The Bertz CT molecular complexity index is 199. The summed E-state index contributed by atoms with van der Waals surface area (Å²) in [6.45, 7) is 11.4. The lowest BCUT2D eigenvalue weighted by Gasteiger charge is -2.35. The second-order valence-corrected chi connectivity index (χ2v) is 10.7. The smallest absolute Gasteiger partial charge is 0.192 e. The minimum Gasteiger partial charge on any atom is -0.592 e. The second kappa shape index (κ2) is 5.30. The summed E-state index contributed by atoms with van der Waals surface area (Å²) in [4.78, 5) is 0. The van der Waals surface area contributed by atoms with Gasteiger partial charge in [0.15, 0.2) is 8.32 Å². The molecule has 0 aromatic rings. The predicted octanol–water partition coefficient (Wildman–Crippen LogP) is 2.37. The van der Waals surface area contributed by atoms with Gasteiger partial charge in [-0.3, -0.25) is 0 Å². The van der Waals surface area contributed by atoms with E-state index < -0.39 is 19.7 Å². The van der Waals surface area contributed by atoms with E-state index in [1.54, 1.807) is 12.5 Å². The van der Waals surface area contributed by atoms with Crippen LogP contribution in [0.25, 0.3) is 0 Å². The first kappa shape index (κ1) is 14.2. The highest BCUT2D eigenvalue weighted by Gasteiger charge is 2.36. The molecule has 3 nitrogen and oxygen atoms in total. The number of rotatable bonds is 4. The lowest BCUT2D eigenvalue weighted by atomic mass is 10.2. The monoisotopic (exact) mass is 235 g/mol. The normalized spacial score (nSPS) is 16.2. The molecule has 0 aliphatic heterocycles. The lowest BCUT2D eigenvalue weighted by Crippen LogP contribution is -2.41. The summed E-state index contributed by atoms with van der Waals surface area (Å²) in [5.74, 6) is 0. The van der Waals surface area contributed by atoms with Gasteiger partial charge in [-0.15, -0.1) is 0 Å². The highest BCUT2D eigenvalue weighted by Crippen LogP contribution is 2.36. The third-order valence-electron chi connectivity index (χ3n) is 2.55. The molecule has 1 atom stereocenters. The van der Waals surface area contributed by atoms with E-state index in [1.165, 1.54) is 0 Å². The first-order valence-electron chi connectivity index (χ1n) is 4.67. The predicted molar refractivity (Wildman–Crippen MR) is 65.7 cm³/mol. The van der Waals surface area contributed by atoms with Crippen LogP contribution in [0.2, 0.25) is 18.1 Å². The highest BCUT2D eigenvalue weighted by atomic mass is 32.2. The molecule has 0 saturated carbocycles. The molecule has 84 valence electrons. The van der Waals surface area contributed by atoms with Crippen LogP contribution in [0.4, 0.5) is 0 Å². The first-order chi connectivity index (χ1) is 6.17. The van der Waals surface area contributed by atoms with Crippen molar-refractivity contribution in [3.05, 3.63) is 0 Å². The highest BCUT2D eigenvalue weighted by molar-refractivity contribution is 7.89. The SMILES string of the molecule is C[S+]([O-])N=CCO[Si](C)(C)C(C)(C)C. The van der Waals surface area contributed by atoms with Crippen molar-refractivity contribution in [1.29, 1.82) is 0 Å². The molecule has 0 aromatic heterocycles. The Labute approximate surface area is 91.4 Å².